The van der Waals surface area contributed by atoms with Crippen LogP contribution in [-0.4, -0.2) is 20.4 Å². The van der Waals surface area contributed by atoms with E-state index in [1.54, 1.807) is 0 Å². The number of anilines is 1. The average Bonchev–Trinajstić information content (AvgIpc) is 3.32. The van der Waals surface area contributed by atoms with Crippen molar-refractivity contribution in [3.8, 4) is 11.3 Å². The maximum atomic E-state index is 12.3. The standard InChI is InChI=1S/C21H18N4O5S/c1-13-4-6-14(7-5-13)16-12-31-20(22-16)23-19(26)3-2-10-24-17-9-8-15(25(28)29)11-18(17)30-21(24)27/h4-9,11-12H,2-3,10H2,1H3,(H,22,23,26). The van der Waals surface area contributed by atoms with Gasteiger partial charge in [-0.1, -0.05) is 29.8 Å². The molecule has 0 saturated carbocycles. The number of aromatic nitrogens is 2. The summed E-state index contributed by atoms with van der Waals surface area (Å²) < 4.78 is 6.46. The molecule has 0 spiro atoms. The van der Waals surface area contributed by atoms with Gasteiger partial charge in [0, 0.05) is 30.0 Å². The summed E-state index contributed by atoms with van der Waals surface area (Å²) in [4.78, 5) is 39.1. The largest absolute Gasteiger partial charge is 0.419 e. The Morgan fingerprint density at radius 3 is 2.77 bits per heavy atom. The molecule has 0 aliphatic carbocycles. The van der Waals surface area contributed by atoms with Crippen molar-refractivity contribution in [2.45, 2.75) is 26.3 Å². The number of thiazole rings is 1. The van der Waals surface area contributed by atoms with Crippen LogP contribution in [0.1, 0.15) is 18.4 Å². The molecule has 0 atom stereocenters. The zero-order chi connectivity index (χ0) is 22.0. The Labute approximate surface area is 180 Å². The number of aryl methyl sites for hydroxylation is 2. The molecule has 4 aromatic rings. The molecule has 9 nitrogen and oxygen atoms in total. The van der Waals surface area contributed by atoms with Crippen LogP contribution < -0.4 is 11.1 Å². The molecule has 158 valence electrons. The van der Waals surface area contributed by atoms with Crippen LogP contribution >= 0.6 is 11.3 Å². The van der Waals surface area contributed by atoms with Crippen molar-refractivity contribution >= 4 is 39.2 Å². The highest BCUT2D eigenvalue weighted by Gasteiger charge is 2.14. The van der Waals surface area contributed by atoms with Gasteiger partial charge in [-0.3, -0.25) is 19.5 Å². The summed E-state index contributed by atoms with van der Waals surface area (Å²) in [6.07, 6.45) is 0.582. The summed E-state index contributed by atoms with van der Waals surface area (Å²) in [6.45, 7) is 2.27. The van der Waals surface area contributed by atoms with Crippen LogP contribution in [0.3, 0.4) is 0 Å². The number of non-ortho nitro benzene ring substituents is 1. The van der Waals surface area contributed by atoms with Crippen LogP contribution in [0.25, 0.3) is 22.4 Å². The molecule has 4 rings (SSSR count). The molecule has 0 unspecified atom stereocenters. The Bertz CT molecular complexity index is 1320. The lowest BCUT2D eigenvalue weighted by atomic mass is 10.1. The number of nitro groups is 1. The van der Waals surface area contributed by atoms with Gasteiger partial charge < -0.3 is 9.73 Å². The van der Waals surface area contributed by atoms with Gasteiger partial charge in [-0.25, -0.2) is 9.78 Å². The molecular formula is C21H18N4O5S. The molecule has 1 N–H and O–H groups in total. The van der Waals surface area contributed by atoms with E-state index in [1.165, 1.54) is 34.1 Å². The highest BCUT2D eigenvalue weighted by atomic mass is 32.1. The van der Waals surface area contributed by atoms with Gasteiger partial charge >= 0.3 is 5.76 Å². The quantitative estimate of drug-likeness (QED) is 0.338. The summed E-state index contributed by atoms with van der Waals surface area (Å²) >= 11 is 1.35. The highest BCUT2D eigenvalue weighted by Crippen LogP contribution is 2.25. The number of rotatable bonds is 7. The van der Waals surface area contributed by atoms with Gasteiger partial charge in [0.2, 0.25) is 5.91 Å². The van der Waals surface area contributed by atoms with Gasteiger partial charge in [0.05, 0.1) is 22.2 Å². The van der Waals surface area contributed by atoms with Crippen molar-refractivity contribution < 1.29 is 14.1 Å². The summed E-state index contributed by atoms with van der Waals surface area (Å²) in [7, 11) is 0. The topological polar surface area (TPSA) is 120 Å². The Balaban J connectivity index is 1.36. The summed E-state index contributed by atoms with van der Waals surface area (Å²) in [5.41, 5.74) is 3.39. The number of fused-ring (bicyclic) bond motifs is 1. The number of carbonyl (C=O) groups is 1. The van der Waals surface area contributed by atoms with E-state index in [9.17, 15) is 19.7 Å². The molecule has 0 aliphatic rings. The molecule has 2 aromatic carbocycles. The molecule has 31 heavy (non-hydrogen) atoms. The second-order valence-corrected chi connectivity index (χ2v) is 7.84. The van der Waals surface area contributed by atoms with Gasteiger partial charge in [-0.05, 0) is 19.4 Å². The number of nitrogens with zero attached hydrogens (tertiary/aromatic N) is 3. The van der Waals surface area contributed by atoms with Crippen LogP contribution in [0.2, 0.25) is 0 Å². The molecule has 0 bridgehead atoms. The molecule has 0 saturated heterocycles. The van der Waals surface area contributed by atoms with Crippen LogP contribution in [0.4, 0.5) is 10.8 Å². The fraction of sp³-hybridized carbons (Fsp3) is 0.190. The minimum atomic E-state index is -0.612. The van der Waals surface area contributed by atoms with Crippen LogP contribution in [0.5, 0.6) is 0 Å². The van der Waals surface area contributed by atoms with Crippen molar-refractivity contribution in [2.75, 3.05) is 5.32 Å². The van der Waals surface area contributed by atoms with Crippen LogP contribution in [0, 0.1) is 17.0 Å². The monoisotopic (exact) mass is 438 g/mol. The maximum absolute atomic E-state index is 12.3. The SMILES string of the molecule is Cc1ccc(-c2csc(NC(=O)CCCn3c(=O)oc4cc([N+](=O)[O-])ccc43)n2)cc1. The van der Waals surface area contributed by atoms with E-state index >= 15 is 0 Å². The third-order valence-electron chi connectivity index (χ3n) is 4.75. The van der Waals surface area contributed by atoms with Crippen molar-refractivity contribution in [3.05, 3.63) is 74.1 Å². The van der Waals surface area contributed by atoms with Gasteiger partial charge in [0.1, 0.15) is 0 Å². The van der Waals surface area contributed by atoms with Gasteiger partial charge in [-0.15, -0.1) is 11.3 Å². The fourth-order valence-electron chi connectivity index (χ4n) is 3.15. The molecule has 0 fully saturated rings. The van der Waals surface area contributed by atoms with E-state index in [-0.39, 0.29) is 30.1 Å². The zero-order valence-electron chi connectivity index (χ0n) is 16.5. The average molecular weight is 438 g/mol. The molecule has 2 heterocycles. The maximum Gasteiger partial charge on any atom is 0.419 e. The van der Waals surface area contributed by atoms with Crippen molar-refractivity contribution in [3.63, 3.8) is 0 Å². The predicted octanol–water partition coefficient (Wildman–Crippen LogP) is 4.35. The summed E-state index contributed by atoms with van der Waals surface area (Å²) in [5, 5.41) is 16.0. The number of oxazole rings is 1. The number of nitrogens with one attached hydrogen (secondary N) is 1. The van der Waals surface area contributed by atoms with Crippen LogP contribution in [0.15, 0.2) is 57.1 Å². The third-order valence-corrected chi connectivity index (χ3v) is 5.50. The number of hydrogen-bond acceptors (Lipinski definition) is 7. The molecule has 2 aromatic heterocycles. The highest BCUT2D eigenvalue weighted by molar-refractivity contribution is 7.14. The molecule has 1 amide bonds. The van der Waals surface area contributed by atoms with E-state index < -0.39 is 10.7 Å². The van der Waals surface area contributed by atoms with E-state index in [0.717, 1.165) is 16.8 Å². The number of hydrogen-bond donors (Lipinski definition) is 1. The van der Waals surface area contributed by atoms with Gasteiger partial charge in [-0.2, -0.15) is 0 Å². The van der Waals surface area contributed by atoms with Crippen LogP contribution in [-0.2, 0) is 11.3 Å². The second-order valence-electron chi connectivity index (χ2n) is 6.98. The number of benzene rings is 2. The number of nitro benzene ring substituents is 1. The minimum absolute atomic E-state index is 0.148. The number of carbonyl (C=O) groups excluding carboxylic acids is 1. The first-order valence-corrected chi connectivity index (χ1v) is 10.4. The summed E-state index contributed by atoms with van der Waals surface area (Å²) in [5.74, 6) is -0.820. The zero-order valence-corrected chi connectivity index (χ0v) is 17.3. The summed E-state index contributed by atoms with van der Waals surface area (Å²) in [6, 6.07) is 12.0. The Kier molecular flexibility index (Phi) is 5.63. The molecule has 0 aliphatic heterocycles. The lowest BCUT2D eigenvalue weighted by Crippen LogP contribution is -2.17. The Morgan fingerprint density at radius 2 is 2.03 bits per heavy atom. The normalized spacial score (nSPS) is 11.0. The van der Waals surface area contributed by atoms with Gasteiger partial charge in [0.15, 0.2) is 10.7 Å². The third kappa shape index (κ3) is 4.53. The Hall–Kier alpha value is -3.79. The Morgan fingerprint density at radius 1 is 1.26 bits per heavy atom. The number of amides is 1. The first-order chi connectivity index (χ1) is 14.9. The lowest BCUT2D eigenvalue weighted by Gasteiger charge is -2.03. The van der Waals surface area contributed by atoms with E-state index in [2.05, 4.69) is 10.3 Å². The first kappa shape index (κ1) is 20.5. The fourth-order valence-corrected chi connectivity index (χ4v) is 3.88. The molecule has 10 heteroatoms. The lowest BCUT2D eigenvalue weighted by molar-refractivity contribution is -0.384. The van der Waals surface area contributed by atoms with E-state index in [0.29, 0.717) is 17.1 Å². The second kappa shape index (κ2) is 8.52. The van der Waals surface area contributed by atoms with Gasteiger partial charge in [0.25, 0.3) is 5.69 Å². The first-order valence-electron chi connectivity index (χ1n) is 9.51. The minimum Gasteiger partial charge on any atom is -0.407 e. The van der Waals surface area contributed by atoms with E-state index in [4.69, 9.17) is 4.42 Å². The molecule has 0 radical (unpaired) electrons. The van der Waals surface area contributed by atoms with Crippen molar-refractivity contribution in [1.29, 1.82) is 0 Å². The van der Waals surface area contributed by atoms with E-state index in [1.807, 2.05) is 36.6 Å². The predicted molar refractivity (Wildman–Crippen MR) is 117 cm³/mol. The smallest absolute Gasteiger partial charge is 0.407 e. The van der Waals surface area contributed by atoms with Crippen molar-refractivity contribution in [2.24, 2.45) is 0 Å². The van der Waals surface area contributed by atoms with Crippen molar-refractivity contribution in [1.82, 2.24) is 9.55 Å². The molecular weight excluding hydrogens is 420 g/mol.